The molecule has 1 aliphatic heterocycles. The quantitative estimate of drug-likeness (QED) is 0.376. The Bertz CT molecular complexity index is 1530. The van der Waals surface area contributed by atoms with Crippen molar-refractivity contribution in [2.45, 2.75) is 6.92 Å². The summed E-state index contributed by atoms with van der Waals surface area (Å²) in [7, 11) is 2.07. The average molecular weight is 450 g/mol. The normalized spacial score (nSPS) is 12.9. The van der Waals surface area contributed by atoms with Gasteiger partial charge >= 0.3 is 0 Å². The van der Waals surface area contributed by atoms with Gasteiger partial charge in [0.1, 0.15) is 23.1 Å². The van der Waals surface area contributed by atoms with Crippen molar-refractivity contribution in [3.8, 4) is 23.1 Å². The summed E-state index contributed by atoms with van der Waals surface area (Å²) in [5.41, 5.74) is 4.65. The van der Waals surface area contributed by atoms with E-state index in [1.54, 1.807) is 12.1 Å². The highest BCUT2D eigenvalue weighted by Crippen LogP contribution is 2.39. The van der Waals surface area contributed by atoms with Gasteiger partial charge < -0.3 is 19.6 Å². The molecule has 1 N–H and O–H groups in total. The van der Waals surface area contributed by atoms with Gasteiger partial charge in [-0.25, -0.2) is 4.98 Å². The van der Waals surface area contributed by atoms with E-state index in [2.05, 4.69) is 34.0 Å². The zero-order chi connectivity index (χ0) is 23.2. The SMILES string of the molecule is Cc1nc2ccc(Oc3cccc(N4CN(C)c5ccccc54)n3)cc2n1-c1ccccc1O. The smallest absolute Gasteiger partial charge is 0.221 e. The first-order valence-corrected chi connectivity index (χ1v) is 11.1. The fourth-order valence-corrected chi connectivity index (χ4v) is 4.50. The molecule has 0 aliphatic carbocycles. The third-order valence-corrected chi connectivity index (χ3v) is 6.06. The number of pyridine rings is 1. The zero-order valence-corrected chi connectivity index (χ0v) is 18.9. The first kappa shape index (κ1) is 20.1. The molecule has 7 heteroatoms. The monoisotopic (exact) mass is 449 g/mol. The van der Waals surface area contributed by atoms with E-state index in [-0.39, 0.29) is 5.75 Å². The summed E-state index contributed by atoms with van der Waals surface area (Å²) in [4.78, 5) is 13.8. The van der Waals surface area contributed by atoms with Crippen molar-refractivity contribution in [1.29, 1.82) is 0 Å². The molecule has 0 spiro atoms. The Labute approximate surface area is 197 Å². The molecular formula is C27H23N5O2. The molecule has 5 aromatic rings. The number of aromatic nitrogens is 3. The van der Waals surface area contributed by atoms with Crippen molar-refractivity contribution in [3.05, 3.63) is 90.8 Å². The molecule has 0 amide bonds. The Morgan fingerprint density at radius 2 is 1.59 bits per heavy atom. The zero-order valence-electron chi connectivity index (χ0n) is 18.9. The fourth-order valence-electron chi connectivity index (χ4n) is 4.50. The van der Waals surface area contributed by atoms with E-state index >= 15 is 0 Å². The molecular weight excluding hydrogens is 426 g/mol. The molecule has 0 radical (unpaired) electrons. The minimum atomic E-state index is 0.196. The number of ether oxygens (including phenoxy) is 1. The third kappa shape index (κ3) is 3.29. The molecule has 7 nitrogen and oxygen atoms in total. The number of imidazole rings is 1. The number of nitrogens with zero attached hydrogens (tertiary/aromatic N) is 5. The maximum atomic E-state index is 10.4. The van der Waals surface area contributed by atoms with E-state index < -0.39 is 0 Å². The highest BCUT2D eigenvalue weighted by Gasteiger charge is 2.25. The lowest BCUT2D eigenvalue weighted by Gasteiger charge is -2.19. The number of hydrogen-bond donors (Lipinski definition) is 1. The Morgan fingerprint density at radius 3 is 2.41 bits per heavy atom. The van der Waals surface area contributed by atoms with Gasteiger partial charge in [-0.2, -0.15) is 4.98 Å². The van der Waals surface area contributed by atoms with E-state index in [0.29, 0.717) is 17.3 Å². The second kappa shape index (κ2) is 7.81. The second-order valence-electron chi connectivity index (χ2n) is 8.33. The summed E-state index contributed by atoms with van der Waals surface area (Å²) >= 11 is 0. The molecule has 0 saturated carbocycles. The molecule has 2 aromatic heterocycles. The summed E-state index contributed by atoms with van der Waals surface area (Å²) in [5, 5.41) is 10.4. The molecule has 3 aromatic carbocycles. The first-order chi connectivity index (χ1) is 16.6. The van der Waals surface area contributed by atoms with E-state index in [0.717, 1.165) is 35.0 Å². The number of aryl methyl sites for hydroxylation is 1. The molecule has 6 rings (SSSR count). The standard InChI is InChI=1S/C27H23N5O2/c1-18-28-20-15-14-19(16-24(20)32(18)23-10-5-6-11-25(23)33)34-27-13-7-12-26(29-27)31-17-30(2)21-8-3-4-9-22(21)31/h3-16,33H,17H2,1-2H3. The van der Waals surface area contributed by atoms with Gasteiger partial charge in [-0.3, -0.25) is 4.57 Å². The van der Waals surface area contributed by atoms with Gasteiger partial charge in [-0.05, 0) is 49.4 Å². The third-order valence-electron chi connectivity index (χ3n) is 6.06. The number of fused-ring (bicyclic) bond motifs is 2. The van der Waals surface area contributed by atoms with Crippen molar-refractivity contribution in [3.63, 3.8) is 0 Å². The summed E-state index contributed by atoms with van der Waals surface area (Å²) in [6.07, 6.45) is 0. The van der Waals surface area contributed by atoms with Gasteiger partial charge in [-0.1, -0.05) is 30.3 Å². The van der Waals surface area contributed by atoms with Gasteiger partial charge in [0.15, 0.2) is 0 Å². The number of para-hydroxylation sites is 4. The predicted molar refractivity (Wildman–Crippen MR) is 134 cm³/mol. The molecule has 0 saturated heterocycles. The van der Waals surface area contributed by atoms with Gasteiger partial charge in [-0.15, -0.1) is 0 Å². The van der Waals surface area contributed by atoms with Crippen LogP contribution in [0, 0.1) is 6.92 Å². The van der Waals surface area contributed by atoms with E-state index in [1.165, 1.54) is 5.69 Å². The first-order valence-electron chi connectivity index (χ1n) is 11.1. The lowest BCUT2D eigenvalue weighted by Crippen LogP contribution is -2.24. The van der Waals surface area contributed by atoms with Crippen LogP contribution < -0.4 is 14.5 Å². The van der Waals surface area contributed by atoms with Crippen molar-refractivity contribution in [2.24, 2.45) is 0 Å². The van der Waals surface area contributed by atoms with Crippen LogP contribution in [-0.4, -0.2) is 33.4 Å². The van der Waals surface area contributed by atoms with Crippen LogP contribution in [0.5, 0.6) is 17.4 Å². The molecule has 3 heterocycles. The van der Waals surface area contributed by atoms with Gasteiger partial charge in [0.25, 0.3) is 0 Å². The van der Waals surface area contributed by atoms with Gasteiger partial charge in [0.05, 0.1) is 34.8 Å². The van der Waals surface area contributed by atoms with Crippen LogP contribution in [0.1, 0.15) is 5.82 Å². The van der Waals surface area contributed by atoms with Crippen molar-refractivity contribution < 1.29 is 9.84 Å². The molecule has 0 atom stereocenters. The molecule has 34 heavy (non-hydrogen) atoms. The minimum absolute atomic E-state index is 0.196. The molecule has 168 valence electrons. The van der Waals surface area contributed by atoms with E-state index in [9.17, 15) is 5.11 Å². The predicted octanol–water partition coefficient (Wildman–Crippen LogP) is 5.77. The summed E-state index contributed by atoms with van der Waals surface area (Å²) < 4.78 is 8.11. The van der Waals surface area contributed by atoms with Crippen LogP contribution in [0.4, 0.5) is 17.2 Å². The maximum absolute atomic E-state index is 10.4. The molecule has 0 unspecified atom stereocenters. The highest BCUT2D eigenvalue weighted by atomic mass is 16.5. The Hall–Kier alpha value is -4.52. The Kier molecular flexibility index (Phi) is 4.62. The van der Waals surface area contributed by atoms with Crippen molar-refractivity contribution in [2.75, 3.05) is 23.5 Å². The lowest BCUT2D eigenvalue weighted by atomic mass is 10.2. The van der Waals surface area contributed by atoms with Crippen LogP contribution in [0.15, 0.2) is 84.9 Å². The average Bonchev–Trinajstić information content (AvgIpc) is 3.36. The fraction of sp³-hybridized carbons (Fsp3) is 0.111. The van der Waals surface area contributed by atoms with Crippen LogP contribution in [0.25, 0.3) is 16.7 Å². The number of benzene rings is 3. The number of phenols is 1. The lowest BCUT2D eigenvalue weighted by molar-refractivity contribution is 0.463. The number of anilines is 3. The van der Waals surface area contributed by atoms with Crippen molar-refractivity contribution >= 4 is 28.2 Å². The minimum Gasteiger partial charge on any atom is -0.506 e. The van der Waals surface area contributed by atoms with E-state index in [4.69, 9.17) is 9.72 Å². The van der Waals surface area contributed by atoms with Gasteiger partial charge in [0.2, 0.25) is 5.88 Å². The number of rotatable bonds is 4. The molecule has 1 aliphatic rings. The maximum Gasteiger partial charge on any atom is 0.221 e. The van der Waals surface area contributed by atoms with Crippen LogP contribution >= 0.6 is 0 Å². The number of aromatic hydroxyl groups is 1. The van der Waals surface area contributed by atoms with E-state index in [1.807, 2.05) is 72.2 Å². The Balaban J connectivity index is 1.35. The van der Waals surface area contributed by atoms with Gasteiger partial charge in [0, 0.05) is 19.2 Å². The Morgan fingerprint density at radius 1 is 0.824 bits per heavy atom. The highest BCUT2D eigenvalue weighted by molar-refractivity contribution is 5.82. The molecule has 0 bridgehead atoms. The topological polar surface area (TPSA) is 66.7 Å². The van der Waals surface area contributed by atoms with Crippen molar-refractivity contribution in [1.82, 2.24) is 14.5 Å². The second-order valence-corrected chi connectivity index (χ2v) is 8.33. The number of hydrogen-bond acceptors (Lipinski definition) is 6. The molecule has 0 fully saturated rings. The van der Waals surface area contributed by atoms with Crippen LogP contribution in [0.3, 0.4) is 0 Å². The summed E-state index contributed by atoms with van der Waals surface area (Å²) in [5.74, 6) is 2.96. The summed E-state index contributed by atoms with van der Waals surface area (Å²) in [6.45, 7) is 2.64. The number of phenolic OH excluding ortho intramolecular Hbond substituents is 1. The van der Waals surface area contributed by atoms with Crippen LogP contribution in [-0.2, 0) is 0 Å². The van der Waals surface area contributed by atoms with Crippen LogP contribution in [0.2, 0.25) is 0 Å². The summed E-state index contributed by atoms with van der Waals surface area (Å²) in [6, 6.07) is 27.1. The largest absolute Gasteiger partial charge is 0.506 e.